The van der Waals surface area contributed by atoms with E-state index >= 15 is 0 Å². The van der Waals surface area contributed by atoms with Crippen molar-refractivity contribution in [1.82, 2.24) is 14.5 Å². The molecule has 2 heterocycles. The Morgan fingerprint density at radius 1 is 1.14 bits per heavy atom. The van der Waals surface area contributed by atoms with Crippen LogP contribution in [0.25, 0.3) is 16.0 Å². The van der Waals surface area contributed by atoms with Crippen molar-refractivity contribution in [2.75, 3.05) is 6.26 Å². The Bertz CT molecular complexity index is 989. The highest BCUT2D eigenvalue weighted by Gasteiger charge is 2.19. The van der Waals surface area contributed by atoms with Crippen LogP contribution in [0.4, 0.5) is 0 Å². The normalized spacial score (nSPS) is 11.9. The number of aromatic nitrogens is 3. The number of sulfone groups is 1. The highest BCUT2D eigenvalue weighted by molar-refractivity contribution is 7.92. The topological polar surface area (TPSA) is 81.9 Å². The molecule has 0 aliphatic heterocycles. The van der Waals surface area contributed by atoms with Crippen molar-refractivity contribution in [3.63, 3.8) is 0 Å². The quantitative estimate of drug-likeness (QED) is 0.715. The standard InChI is InChI=1S/C13H11N3O3S2/c1-8-14-11-10(15-13(20-11)21(2,18)19)12(17)16(8)9-6-4-3-5-7-9/h3-7H,1-2H3. The first-order valence-corrected chi connectivity index (χ1v) is 8.74. The summed E-state index contributed by atoms with van der Waals surface area (Å²) in [6.07, 6.45) is 1.06. The van der Waals surface area contributed by atoms with Gasteiger partial charge in [0, 0.05) is 6.26 Å². The van der Waals surface area contributed by atoms with Gasteiger partial charge in [0.05, 0.1) is 5.69 Å². The second kappa shape index (κ2) is 4.74. The third-order valence-electron chi connectivity index (χ3n) is 2.91. The first-order chi connectivity index (χ1) is 9.88. The minimum absolute atomic E-state index is 0.0786. The van der Waals surface area contributed by atoms with Crippen LogP contribution in [-0.4, -0.2) is 29.2 Å². The molecule has 0 bridgehead atoms. The van der Waals surface area contributed by atoms with Gasteiger partial charge in [0.1, 0.15) is 5.82 Å². The average Bonchev–Trinajstić information content (AvgIpc) is 2.84. The van der Waals surface area contributed by atoms with E-state index in [9.17, 15) is 13.2 Å². The fourth-order valence-corrected chi connectivity index (χ4v) is 3.81. The van der Waals surface area contributed by atoms with Crippen molar-refractivity contribution >= 4 is 31.5 Å². The molecular weight excluding hydrogens is 310 g/mol. The summed E-state index contributed by atoms with van der Waals surface area (Å²) in [4.78, 5) is 21.1. The van der Waals surface area contributed by atoms with E-state index in [2.05, 4.69) is 9.97 Å². The van der Waals surface area contributed by atoms with Gasteiger partial charge < -0.3 is 0 Å². The molecule has 2 aromatic heterocycles. The maximum atomic E-state index is 12.6. The zero-order chi connectivity index (χ0) is 15.2. The molecule has 108 valence electrons. The molecule has 0 fully saturated rings. The molecule has 21 heavy (non-hydrogen) atoms. The number of hydrogen-bond acceptors (Lipinski definition) is 6. The zero-order valence-electron chi connectivity index (χ0n) is 11.3. The third-order valence-corrected chi connectivity index (χ3v) is 5.54. The van der Waals surface area contributed by atoms with Crippen molar-refractivity contribution in [3.8, 4) is 5.69 Å². The summed E-state index contributed by atoms with van der Waals surface area (Å²) in [5.41, 5.74) is 0.382. The van der Waals surface area contributed by atoms with E-state index in [0.29, 0.717) is 16.3 Å². The number of benzene rings is 1. The Balaban J connectivity index is 2.37. The molecule has 0 aliphatic rings. The van der Waals surface area contributed by atoms with Crippen LogP contribution in [0.2, 0.25) is 0 Å². The largest absolute Gasteiger partial charge is 0.285 e. The first kappa shape index (κ1) is 13.9. The van der Waals surface area contributed by atoms with Gasteiger partial charge in [0.2, 0.25) is 14.2 Å². The Labute approximate surface area is 124 Å². The molecule has 0 aliphatic carbocycles. The van der Waals surface area contributed by atoms with E-state index in [1.807, 2.05) is 18.2 Å². The number of fused-ring (bicyclic) bond motifs is 1. The second-order valence-corrected chi connectivity index (χ2v) is 7.71. The number of hydrogen-bond donors (Lipinski definition) is 0. The fourth-order valence-electron chi connectivity index (χ4n) is 2.00. The van der Waals surface area contributed by atoms with Crippen LogP contribution in [0.15, 0.2) is 39.5 Å². The molecule has 3 aromatic rings. The second-order valence-electron chi connectivity index (χ2n) is 4.54. The number of nitrogens with zero attached hydrogens (tertiary/aromatic N) is 3. The van der Waals surface area contributed by atoms with Gasteiger partial charge in [-0.2, -0.15) is 0 Å². The maximum Gasteiger partial charge on any atom is 0.285 e. The predicted molar refractivity (Wildman–Crippen MR) is 80.9 cm³/mol. The van der Waals surface area contributed by atoms with Crippen molar-refractivity contribution in [3.05, 3.63) is 46.5 Å². The van der Waals surface area contributed by atoms with Crippen molar-refractivity contribution < 1.29 is 8.42 Å². The molecule has 0 saturated carbocycles. The van der Waals surface area contributed by atoms with E-state index in [0.717, 1.165) is 17.6 Å². The molecule has 8 heteroatoms. The molecule has 0 unspecified atom stereocenters. The van der Waals surface area contributed by atoms with Gasteiger partial charge in [-0.25, -0.2) is 18.4 Å². The molecule has 3 rings (SSSR count). The lowest BCUT2D eigenvalue weighted by Gasteiger charge is -2.08. The van der Waals surface area contributed by atoms with Gasteiger partial charge in [-0.15, -0.1) is 0 Å². The molecule has 0 radical (unpaired) electrons. The van der Waals surface area contributed by atoms with Crippen molar-refractivity contribution in [2.45, 2.75) is 11.3 Å². The van der Waals surface area contributed by atoms with E-state index in [1.54, 1.807) is 19.1 Å². The van der Waals surface area contributed by atoms with Crippen LogP contribution in [0.1, 0.15) is 5.82 Å². The first-order valence-electron chi connectivity index (χ1n) is 6.03. The maximum absolute atomic E-state index is 12.6. The molecule has 0 N–H and O–H groups in total. The van der Waals surface area contributed by atoms with Gasteiger partial charge in [0.15, 0.2) is 10.3 Å². The Kier molecular flexibility index (Phi) is 3.14. The van der Waals surface area contributed by atoms with Crippen LogP contribution in [0.3, 0.4) is 0 Å². The van der Waals surface area contributed by atoms with Crippen LogP contribution in [0.5, 0.6) is 0 Å². The number of thiazole rings is 1. The minimum Gasteiger partial charge on any atom is -0.266 e. The lowest BCUT2D eigenvalue weighted by molar-refractivity contribution is 0.601. The van der Waals surface area contributed by atoms with Crippen molar-refractivity contribution in [1.29, 1.82) is 0 Å². The lowest BCUT2D eigenvalue weighted by Crippen LogP contribution is -2.22. The molecular formula is C13H11N3O3S2. The van der Waals surface area contributed by atoms with E-state index in [-0.39, 0.29) is 15.4 Å². The van der Waals surface area contributed by atoms with Crippen LogP contribution >= 0.6 is 11.3 Å². The lowest BCUT2D eigenvalue weighted by atomic mass is 10.3. The van der Waals surface area contributed by atoms with E-state index in [4.69, 9.17) is 0 Å². The SMILES string of the molecule is Cc1nc2sc(S(C)(=O)=O)nc2c(=O)n1-c1ccccc1. The highest BCUT2D eigenvalue weighted by Crippen LogP contribution is 2.22. The monoisotopic (exact) mass is 321 g/mol. The number of para-hydroxylation sites is 1. The van der Waals surface area contributed by atoms with Crippen LogP contribution in [-0.2, 0) is 9.84 Å². The smallest absolute Gasteiger partial charge is 0.266 e. The summed E-state index contributed by atoms with van der Waals surface area (Å²) in [7, 11) is -3.45. The van der Waals surface area contributed by atoms with E-state index < -0.39 is 9.84 Å². The summed E-state index contributed by atoms with van der Waals surface area (Å²) in [5.74, 6) is 0.488. The summed E-state index contributed by atoms with van der Waals surface area (Å²) >= 11 is 0.913. The fraction of sp³-hybridized carbons (Fsp3) is 0.154. The highest BCUT2D eigenvalue weighted by atomic mass is 32.2. The Morgan fingerprint density at radius 3 is 2.43 bits per heavy atom. The summed E-state index contributed by atoms with van der Waals surface area (Å²) in [6.45, 7) is 1.70. The molecule has 6 nitrogen and oxygen atoms in total. The van der Waals surface area contributed by atoms with Crippen LogP contribution in [0, 0.1) is 6.92 Å². The van der Waals surface area contributed by atoms with Crippen LogP contribution < -0.4 is 5.56 Å². The summed E-state index contributed by atoms with van der Waals surface area (Å²) in [5, 5.41) is 0. The Hall–Kier alpha value is -2.06. The van der Waals surface area contributed by atoms with E-state index in [1.165, 1.54) is 4.57 Å². The molecule has 1 aromatic carbocycles. The molecule has 0 atom stereocenters. The van der Waals surface area contributed by atoms with Gasteiger partial charge in [-0.05, 0) is 19.1 Å². The predicted octanol–water partition coefficient (Wildman–Crippen LogP) is 1.55. The molecule has 0 amide bonds. The number of aryl methyl sites for hydroxylation is 1. The minimum atomic E-state index is -3.45. The van der Waals surface area contributed by atoms with Gasteiger partial charge in [0.25, 0.3) is 5.56 Å². The average molecular weight is 321 g/mol. The number of rotatable bonds is 2. The van der Waals surface area contributed by atoms with Crippen molar-refractivity contribution in [2.24, 2.45) is 0 Å². The molecule has 0 spiro atoms. The summed E-state index contributed by atoms with van der Waals surface area (Å²) in [6, 6.07) is 9.04. The molecule has 0 saturated heterocycles. The van der Waals surface area contributed by atoms with Gasteiger partial charge >= 0.3 is 0 Å². The Morgan fingerprint density at radius 2 is 1.81 bits per heavy atom. The van der Waals surface area contributed by atoms with Gasteiger partial charge in [-0.1, -0.05) is 29.5 Å². The van der Waals surface area contributed by atoms with Gasteiger partial charge in [-0.3, -0.25) is 9.36 Å². The third kappa shape index (κ3) is 2.36. The summed E-state index contributed by atoms with van der Waals surface area (Å²) < 4.78 is 24.5. The zero-order valence-corrected chi connectivity index (χ0v) is 12.9.